The highest BCUT2D eigenvalue weighted by molar-refractivity contribution is 5.71. The molecule has 0 spiro atoms. The van der Waals surface area contributed by atoms with Gasteiger partial charge in [0, 0.05) is 19.8 Å². The molecular formula is C8H16O4. The lowest BCUT2D eigenvalue weighted by Crippen LogP contribution is -2.20. The second-order valence-corrected chi connectivity index (χ2v) is 2.40. The van der Waals surface area contributed by atoms with Crippen LogP contribution in [0.3, 0.4) is 0 Å². The summed E-state index contributed by atoms with van der Waals surface area (Å²) in [5, 5.41) is 8.43. The number of carboxylic acids is 1. The Morgan fingerprint density at radius 1 is 1.50 bits per heavy atom. The van der Waals surface area contributed by atoms with Crippen molar-refractivity contribution >= 4 is 5.97 Å². The first kappa shape index (κ1) is 11.4. The first-order valence-electron chi connectivity index (χ1n) is 4.10. The van der Waals surface area contributed by atoms with E-state index in [4.69, 9.17) is 14.6 Å². The molecule has 4 nitrogen and oxygen atoms in total. The fourth-order valence-corrected chi connectivity index (χ4v) is 0.637. The molecule has 72 valence electrons. The van der Waals surface area contributed by atoms with Crippen molar-refractivity contribution in [2.75, 3.05) is 19.8 Å². The first-order chi connectivity index (χ1) is 5.68. The fraction of sp³-hybridized carbons (Fsp3) is 0.875. The van der Waals surface area contributed by atoms with Gasteiger partial charge in [0.25, 0.3) is 0 Å². The number of hydrogen-bond donors (Lipinski definition) is 1. The lowest BCUT2D eigenvalue weighted by Gasteiger charge is -2.07. The summed E-state index contributed by atoms with van der Waals surface area (Å²) in [5.74, 6) is -0.925. The molecular weight excluding hydrogens is 160 g/mol. The molecule has 0 aromatic rings. The van der Waals surface area contributed by atoms with Gasteiger partial charge >= 0.3 is 5.97 Å². The normalized spacial score (nSPS) is 12.8. The molecule has 0 saturated heterocycles. The Hall–Kier alpha value is -0.610. The predicted octanol–water partition coefficient (Wildman–Crippen LogP) is 0.903. The average molecular weight is 176 g/mol. The zero-order valence-corrected chi connectivity index (χ0v) is 7.58. The van der Waals surface area contributed by atoms with Crippen molar-refractivity contribution in [3.8, 4) is 0 Å². The van der Waals surface area contributed by atoms with Gasteiger partial charge in [-0.1, -0.05) is 0 Å². The van der Waals surface area contributed by atoms with Crippen LogP contribution in [0.4, 0.5) is 0 Å². The third kappa shape index (κ3) is 6.12. The van der Waals surface area contributed by atoms with Crippen molar-refractivity contribution in [2.45, 2.75) is 26.4 Å². The summed E-state index contributed by atoms with van der Waals surface area (Å²) in [5.41, 5.74) is 0. The van der Waals surface area contributed by atoms with E-state index in [2.05, 4.69) is 0 Å². The Morgan fingerprint density at radius 3 is 2.67 bits per heavy atom. The minimum atomic E-state index is -0.925. The summed E-state index contributed by atoms with van der Waals surface area (Å²) in [7, 11) is 0. The highest BCUT2D eigenvalue weighted by atomic mass is 16.5. The Balaban J connectivity index is 3.14. The van der Waals surface area contributed by atoms with E-state index in [-0.39, 0.29) is 0 Å². The highest BCUT2D eigenvalue weighted by Gasteiger charge is 2.09. The van der Waals surface area contributed by atoms with Crippen molar-refractivity contribution in [3.05, 3.63) is 0 Å². The Labute approximate surface area is 72.5 Å². The van der Waals surface area contributed by atoms with Crippen LogP contribution in [0.15, 0.2) is 0 Å². The molecule has 1 atom stereocenters. The van der Waals surface area contributed by atoms with E-state index in [0.29, 0.717) is 19.8 Å². The highest BCUT2D eigenvalue weighted by Crippen LogP contribution is 1.92. The molecule has 0 heterocycles. The molecule has 0 aliphatic heterocycles. The Morgan fingerprint density at radius 2 is 2.17 bits per heavy atom. The van der Waals surface area contributed by atoms with E-state index >= 15 is 0 Å². The van der Waals surface area contributed by atoms with Crippen LogP contribution in [0.5, 0.6) is 0 Å². The van der Waals surface area contributed by atoms with E-state index in [1.165, 1.54) is 6.92 Å². The van der Waals surface area contributed by atoms with Gasteiger partial charge in [0.2, 0.25) is 0 Å². The molecule has 0 bridgehead atoms. The average Bonchev–Trinajstić information content (AvgIpc) is 2.03. The molecule has 0 saturated carbocycles. The summed E-state index contributed by atoms with van der Waals surface area (Å²) in [6, 6.07) is 0. The van der Waals surface area contributed by atoms with Crippen LogP contribution in [-0.2, 0) is 14.3 Å². The molecule has 0 fully saturated rings. The summed E-state index contributed by atoms with van der Waals surface area (Å²) >= 11 is 0. The number of hydrogen-bond acceptors (Lipinski definition) is 3. The maximum atomic E-state index is 10.3. The monoisotopic (exact) mass is 176 g/mol. The van der Waals surface area contributed by atoms with Crippen LogP contribution in [0.25, 0.3) is 0 Å². The molecule has 0 unspecified atom stereocenters. The van der Waals surface area contributed by atoms with Crippen molar-refractivity contribution in [1.82, 2.24) is 0 Å². The SMILES string of the molecule is CCOCCCO[C@H](C)C(=O)O. The van der Waals surface area contributed by atoms with Crippen molar-refractivity contribution in [3.63, 3.8) is 0 Å². The van der Waals surface area contributed by atoms with E-state index in [9.17, 15) is 4.79 Å². The third-order valence-corrected chi connectivity index (χ3v) is 1.35. The zero-order valence-electron chi connectivity index (χ0n) is 7.58. The second kappa shape index (κ2) is 7.06. The van der Waals surface area contributed by atoms with Crippen molar-refractivity contribution < 1.29 is 19.4 Å². The van der Waals surface area contributed by atoms with Gasteiger partial charge < -0.3 is 14.6 Å². The van der Waals surface area contributed by atoms with Gasteiger partial charge in [-0.2, -0.15) is 0 Å². The fourth-order valence-electron chi connectivity index (χ4n) is 0.637. The van der Waals surface area contributed by atoms with Gasteiger partial charge in [-0.25, -0.2) is 4.79 Å². The predicted molar refractivity (Wildman–Crippen MR) is 44.2 cm³/mol. The van der Waals surface area contributed by atoms with Gasteiger partial charge in [0.1, 0.15) is 0 Å². The number of ether oxygens (including phenoxy) is 2. The molecule has 0 radical (unpaired) electrons. The number of carboxylic acid groups (broad SMARTS) is 1. The van der Waals surface area contributed by atoms with E-state index < -0.39 is 12.1 Å². The van der Waals surface area contributed by atoms with Crippen molar-refractivity contribution in [1.29, 1.82) is 0 Å². The van der Waals surface area contributed by atoms with Crippen LogP contribution in [-0.4, -0.2) is 37.0 Å². The lowest BCUT2D eigenvalue weighted by atomic mass is 10.4. The molecule has 0 amide bonds. The minimum absolute atomic E-state index is 0.438. The largest absolute Gasteiger partial charge is 0.479 e. The second-order valence-electron chi connectivity index (χ2n) is 2.40. The zero-order chi connectivity index (χ0) is 9.40. The molecule has 1 N–H and O–H groups in total. The van der Waals surface area contributed by atoms with Crippen LogP contribution in [0, 0.1) is 0 Å². The quantitative estimate of drug-likeness (QED) is 0.585. The minimum Gasteiger partial charge on any atom is -0.479 e. The van der Waals surface area contributed by atoms with Gasteiger partial charge in [0.15, 0.2) is 6.10 Å². The molecule has 12 heavy (non-hydrogen) atoms. The first-order valence-corrected chi connectivity index (χ1v) is 4.10. The van der Waals surface area contributed by atoms with E-state index in [1.807, 2.05) is 6.92 Å². The summed E-state index contributed by atoms with van der Waals surface area (Å²) in [4.78, 5) is 10.3. The van der Waals surface area contributed by atoms with Crippen LogP contribution in [0.2, 0.25) is 0 Å². The Bertz CT molecular complexity index is 124. The molecule has 0 aliphatic rings. The lowest BCUT2D eigenvalue weighted by molar-refractivity contribution is -0.149. The van der Waals surface area contributed by atoms with Crippen LogP contribution in [0.1, 0.15) is 20.3 Å². The van der Waals surface area contributed by atoms with Gasteiger partial charge in [-0.3, -0.25) is 0 Å². The number of carbonyl (C=O) groups is 1. The number of aliphatic carboxylic acids is 1. The topological polar surface area (TPSA) is 55.8 Å². The maximum Gasteiger partial charge on any atom is 0.332 e. The molecule has 0 aromatic carbocycles. The number of rotatable bonds is 7. The summed E-state index contributed by atoms with van der Waals surface area (Å²) in [6.07, 6.45) is 0.0254. The third-order valence-electron chi connectivity index (χ3n) is 1.35. The molecule has 0 aliphatic carbocycles. The maximum absolute atomic E-state index is 10.3. The summed E-state index contributed by atoms with van der Waals surface area (Å²) in [6.45, 7) is 5.19. The van der Waals surface area contributed by atoms with Gasteiger partial charge in [-0.15, -0.1) is 0 Å². The van der Waals surface area contributed by atoms with Crippen LogP contribution >= 0.6 is 0 Å². The Kier molecular flexibility index (Phi) is 6.70. The van der Waals surface area contributed by atoms with Crippen molar-refractivity contribution in [2.24, 2.45) is 0 Å². The summed E-state index contributed by atoms with van der Waals surface area (Å²) < 4.78 is 10.0. The van der Waals surface area contributed by atoms with Gasteiger partial charge in [0.05, 0.1) is 0 Å². The molecule has 0 rings (SSSR count). The smallest absolute Gasteiger partial charge is 0.332 e. The standard InChI is InChI=1S/C8H16O4/c1-3-11-5-4-6-12-7(2)8(9)10/h7H,3-6H2,1-2H3,(H,9,10)/t7-/m1/s1. The van der Waals surface area contributed by atoms with E-state index in [0.717, 1.165) is 6.42 Å². The van der Waals surface area contributed by atoms with E-state index in [1.54, 1.807) is 0 Å². The van der Waals surface area contributed by atoms with Gasteiger partial charge in [-0.05, 0) is 20.3 Å². The van der Waals surface area contributed by atoms with Crippen LogP contribution < -0.4 is 0 Å². The molecule has 4 heteroatoms. The molecule has 0 aromatic heterocycles.